The van der Waals surface area contributed by atoms with Crippen LogP contribution in [0.4, 0.5) is 10.1 Å². The Morgan fingerprint density at radius 1 is 1.62 bits per heavy atom. The van der Waals surface area contributed by atoms with E-state index in [-0.39, 0.29) is 16.8 Å². The molecule has 3 N–H and O–H groups in total. The highest BCUT2D eigenvalue weighted by atomic mass is 19.1. The second kappa shape index (κ2) is 3.11. The highest BCUT2D eigenvalue weighted by Crippen LogP contribution is 2.17. The van der Waals surface area contributed by atoms with Crippen molar-refractivity contribution >= 4 is 11.7 Å². The minimum Gasteiger partial charge on any atom is -0.478 e. The maximum absolute atomic E-state index is 12.8. The Morgan fingerprint density at radius 3 is 2.69 bits per heavy atom. The van der Waals surface area contributed by atoms with Gasteiger partial charge in [-0.3, -0.25) is 0 Å². The number of hydrogen-bond acceptors (Lipinski definition) is 3. The molecule has 0 atom stereocenters. The molecule has 1 aromatic carbocycles. The van der Waals surface area contributed by atoms with E-state index in [0.717, 1.165) is 12.1 Å². The molecule has 0 heterocycles. The lowest BCUT2D eigenvalue weighted by Gasteiger charge is -2.00. The summed E-state index contributed by atoms with van der Waals surface area (Å²) in [4.78, 5) is 10.4. The molecule has 0 saturated carbocycles. The predicted octanol–water partition coefficient (Wildman–Crippen LogP) is 0.978. The molecule has 0 aliphatic heterocycles. The third-order valence-electron chi connectivity index (χ3n) is 1.50. The highest BCUT2D eigenvalue weighted by Gasteiger charge is 2.11. The van der Waals surface area contributed by atoms with Crippen LogP contribution in [-0.4, -0.2) is 11.1 Å². The molecule has 0 radical (unpaired) electrons. The minimum absolute atomic E-state index is 0.169. The molecule has 0 fully saturated rings. The first-order valence-electron chi connectivity index (χ1n) is 3.28. The van der Waals surface area contributed by atoms with Crippen molar-refractivity contribution in [1.29, 1.82) is 5.26 Å². The Morgan fingerprint density at radius 2 is 2.23 bits per heavy atom. The first-order valence-corrected chi connectivity index (χ1v) is 3.28. The standard InChI is InChI=1S/C8H5FN2O2/c9-6-2-4(8(12)13)1-5(3-10)7(6)11/h1-2H,11H2,(H,12,13). The van der Waals surface area contributed by atoms with E-state index in [9.17, 15) is 9.18 Å². The molecule has 0 aliphatic carbocycles. The molecule has 1 aromatic rings. The van der Waals surface area contributed by atoms with E-state index in [1.54, 1.807) is 6.07 Å². The van der Waals surface area contributed by atoms with Crippen molar-refractivity contribution in [3.63, 3.8) is 0 Å². The maximum atomic E-state index is 12.8. The summed E-state index contributed by atoms with van der Waals surface area (Å²) in [5.74, 6) is -2.19. The largest absolute Gasteiger partial charge is 0.478 e. The van der Waals surface area contributed by atoms with Crippen molar-refractivity contribution in [2.75, 3.05) is 5.73 Å². The van der Waals surface area contributed by atoms with E-state index in [4.69, 9.17) is 16.1 Å². The van der Waals surface area contributed by atoms with Crippen LogP contribution >= 0.6 is 0 Å². The van der Waals surface area contributed by atoms with Crippen LogP contribution in [0.5, 0.6) is 0 Å². The van der Waals surface area contributed by atoms with E-state index in [0.29, 0.717) is 0 Å². The van der Waals surface area contributed by atoms with Gasteiger partial charge in [0.1, 0.15) is 11.9 Å². The number of hydrogen-bond donors (Lipinski definition) is 2. The van der Waals surface area contributed by atoms with Gasteiger partial charge < -0.3 is 10.8 Å². The van der Waals surface area contributed by atoms with Crippen LogP contribution < -0.4 is 5.73 Å². The molecule has 0 aliphatic rings. The van der Waals surface area contributed by atoms with Crippen LogP contribution in [0, 0.1) is 17.1 Å². The van der Waals surface area contributed by atoms with Crippen molar-refractivity contribution in [3.05, 3.63) is 29.1 Å². The van der Waals surface area contributed by atoms with Crippen molar-refractivity contribution in [3.8, 4) is 6.07 Å². The first kappa shape index (κ1) is 9.00. The second-order valence-electron chi connectivity index (χ2n) is 2.34. The van der Waals surface area contributed by atoms with Crippen LogP contribution in [0.15, 0.2) is 12.1 Å². The van der Waals surface area contributed by atoms with Gasteiger partial charge in [0, 0.05) is 0 Å². The van der Waals surface area contributed by atoms with Crippen LogP contribution in [0.3, 0.4) is 0 Å². The number of carboxylic acid groups (broad SMARTS) is 1. The monoisotopic (exact) mass is 180 g/mol. The minimum atomic E-state index is -1.30. The summed E-state index contributed by atoms with van der Waals surface area (Å²) < 4.78 is 12.8. The van der Waals surface area contributed by atoms with Gasteiger partial charge in [-0.25, -0.2) is 9.18 Å². The van der Waals surface area contributed by atoms with Crippen LogP contribution in [-0.2, 0) is 0 Å². The Hall–Kier alpha value is -2.09. The SMILES string of the molecule is N#Cc1cc(C(=O)O)cc(F)c1N. The average molecular weight is 180 g/mol. The van der Waals surface area contributed by atoms with Gasteiger partial charge in [-0.05, 0) is 12.1 Å². The number of nitrogens with zero attached hydrogens (tertiary/aromatic N) is 1. The summed E-state index contributed by atoms with van der Waals surface area (Å²) in [6, 6.07) is 3.41. The normalized spacial score (nSPS) is 9.23. The molecule has 0 amide bonds. The predicted molar refractivity (Wildman–Crippen MR) is 42.5 cm³/mol. The van der Waals surface area contributed by atoms with Crippen molar-refractivity contribution in [1.82, 2.24) is 0 Å². The van der Waals surface area contributed by atoms with Gasteiger partial charge in [-0.1, -0.05) is 0 Å². The number of halogens is 1. The third-order valence-corrected chi connectivity index (χ3v) is 1.50. The van der Waals surface area contributed by atoms with E-state index >= 15 is 0 Å². The number of benzene rings is 1. The molecular formula is C8H5FN2O2. The van der Waals surface area contributed by atoms with Gasteiger partial charge in [0.2, 0.25) is 0 Å². The summed E-state index contributed by atoms with van der Waals surface area (Å²) >= 11 is 0. The molecule has 0 spiro atoms. The van der Waals surface area contributed by atoms with Crippen LogP contribution in [0.25, 0.3) is 0 Å². The molecule has 0 unspecified atom stereocenters. The molecule has 1 rings (SSSR count). The number of nitrogens with two attached hydrogens (primary N) is 1. The van der Waals surface area contributed by atoms with Gasteiger partial charge in [0.25, 0.3) is 0 Å². The number of anilines is 1. The Balaban J connectivity index is 3.41. The van der Waals surface area contributed by atoms with E-state index < -0.39 is 11.8 Å². The summed E-state index contributed by atoms with van der Waals surface area (Å²) in [7, 11) is 0. The molecule has 4 nitrogen and oxygen atoms in total. The fraction of sp³-hybridized carbons (Fsp3) is 0. The summed E-state index contributed by atoms with van der Waals surface area (Å²) in [6.07, 6.45) is 0. The number of carboxylic acids is 1. The summed E-state index contributed by atoms with van der Waals surface area (Å²) in [5.41, 5.74) is 4.39. The lowest BCUT2D eigenvalue weighted by atomic mass is 10.1. The Kier molecular flexibility index (Phi) is 2.15. The van der Waals surface area contributed by atoms with Gasteiger partial charge in [0.05, 0.1) is 16.8 Å². The fourth-order valence-corrected chi connectivity index (χ4v) is 0.834. The third kappa shape index (κ3) is 1.56. The van der Waals surface area contributed by atoms with Gasteiger partial charge in [-0.15, -0.1) is 0 Å². The number of rotatable bonds is 1. The van der Waals surface area contributed by atoms with Gasteiger partial charge in [0.15, 0.2) is 0 Å². The second-order valence-corrected chi connectivity index (χ2v) is 2.34. The zero-order valence-corrected chi connectivity index (χ0v) is 6.41. The molecule has 0 saturated heterocycles. The van der Waals surface area contributed by atoms with E-state index in [1.807, 2.05) is 0 Å². The molecule has 66 valence electrons. The van der Waals surface area contributed by atoms with Gasteiger partial charge in [-0.2, -0.15) is 5.26 Å². The number of nitriles is 1. The Labute approximate surface area is 73.0 Å². The molecule has 5 heteroatoms. The van der Waals surface area contributed by atoms with Gasteiger partial charge >= 0.3 is 5.97 Å². The zero-order chi connectivity index (χ0) is 10.0. The molecule has 0 aromatic heterocycles. The first-order chi connectivity index (χ1) is 6.06. The smallest absolute Gasteiger partial charge is 0.335 e. The number of carbonyl (C=O) groups is 1. The topological polar surface area (TPSA) is 87.1 Å². The van der Waals surface area contributed by atoms with Crippen molar-refractivity contribution in [2.45, 2.75) is 0 Å². The quantitative estimate of drug-likeness (QED) is 0.630. The average Bonchev–Trinajstić information content (AvgIpc) is 2.09. The lowest BCUT2D eigenvalue weighted by Crippen LogP contribution is -2.02. The highest BCUT2D eigenvalue weighted by molar-refractivity contribution is 5.89. The van der Waals surface area contributed by atoms with Crippen molar-refractivity contribution < 1.29 is 14.3 Å². The van der Waals surface area contributed by atoms with E-state index in [2.05, 4.69) is 0 Å². The van der Waals surface area contributed by atoms with Crippen LogP contribution in [0.1, 0.15) is 15.9 Å². The van der Waals surface area contributed by atoms with Crippen LogP contribution in [0.2, 0.25) is 0 Å². The number of aromatic carboxylic acids is 1. The maximum Gasteiger partial charge on any atom is 0.335 e. The Bertz CT molecular complexity index is 409. The zero-order valence-electron chi connectivity index (χ0n) is 6.41. The summed E-state index contributed by atoms with van der Waals surface area (Å²) in [6.45, 7) is 0. The lowest BCUT2D eigenvalue weighted by molar-refractivity contribution is 0.0696. The van der Waals surface area contributed by atoms with Crippen molar-refractivity contribution in [2.24, 2.45) is 0 Å². The fourth-order valence-electron chi connectivity index (χ4n) is 0.834. The summed E-state index contributed by atoms with van der Waals surface area (Å²) in [5, 5.41) is 17.0. The molecule has 13 heavy (non-hydrogen) atoms. The van der Waals surface area contributed by atoms with E-state index in [1.165, 1.54) is 0 Å². The number of nitrogen functional groups attached to an aromatic ring is 1. The molecule has 0 bridgehead atoms. The molecular weight excluding hydrogens is 175 g/mol.